The third-order valence-corrected chi connectivity index (χ3v) is 5.20. The maximum atomic E-state index is 11.4. The molecular weight excluding hydrogens is 389 g/mol. The number of nitrogens with zero attached hydrogens (tertiary/aromatic N) is 1. The molecule has 0 aromatic carbocycles. The highest BCUT2D eigenvalue weighted by molar-refractivity contribution is 14.0. The number of hydrogen-bond donors (Lipinski definition) is 2. The van der Waals surface area contributed by atoms with Crippen molar-refractivity contribution in [2.45, 2.75) is 33.1 Å². The monoisotopic (exact) mass is 417 g/mol. The van der Waals surface area contributed by atoms with Crippen LogP contribution in [0.5, 0.6) is 0 Å². The van der Waals surface area contributed by atoms with Crippen molar-refractivity contribution in [2.24, 2.45) is 16.8 Å². The number of halogens is 1. The van der Waals surface area contributed by atoms with Gasteiger partial charge in [-0.05, 0) is 31.1 Å². The molecule has 1 heterocycles. The van der Waals surface area contributed by atoms with Crippen LogP contribution in [0.4, 0.5) is 0 Å². The van der Waals surface area contributed by atoms with Gasteiger partial charge in [-0.1, -0.05) is 13.8 Å². The van der Waals surface area contributed by atoms with Crippen LogP contribution in [0.15, 0.2) is 4.99 Å². The van der Waals surface area contributed by atoms with Crippen LogP contribution in [0.1, 0.15) is 33.1 Å². The summed E-state index contributed by atoms with van der Waals surface area (Å²) in [6.45, 7) is 6.02. The normalized spacial score (nSPS) is 21.6. The van der Waals surface area contributed by atoms with E-state index in [1.807, 2.05) is 0 Å². The summed E-state index contributed by atoms with van der Waals surface area (Å²) in [4.78, 5) is 4.15. The quantitative estimate of drug-likeness (QED) is 0.298. The molecule has 0 amide bonds. The molecule has 120 valence electrons. The fourth-order valence-electron chi connectivity index (χ4n) is 2.21. The van der Waals surface area contributed by atoms with Crippen molar-refractivity contribution >= 4 is 39.8 Å². The van der Waals surface area contributed by atoms with Crippen molar-refractivity contribution in [1.29, 1.82) is 0 Å². The topological polar surface area (TPSA) is 70.6 Å². The molecule has 0 radical (unpaired) electrons. The molecule has 0 aromatic rings. The van der Waals surface area contributed by atoms with E-state index in [1.54, 1.807) is 7.05 Å². The van der Waals surface area contributed by atoms with E-state index in [0.29, 0.717) is 18.1 Å². The fraction of sp³-hybridized carbons (Fsp3) is 0.923. The molecule has 5 nitrogen and oxygen atoms in total. The van der Waals surface area contributed by atoms with E-state index < -0.39 is 9.84 Å². The highest BCUT2D eigenvalue weighted by Gasteiger charge is 2.27. The van der Waals surface area contributed by atoms with E-state index in [2.05, 4.69) is 29.5 Å². The van der Waals surface area contributed by atoms with Gasteiger partial charge in [-0.15, -0.1) is 24.0 Å². The van der Waals surface area contributed by atoms with E-state index in [0.717, 1.165) is 31.3 Å². The van der Waals surface area contributed by atoms with Crippen LogP contribution in [-0.4, -0.2) is 46.0 Å². The van der Waals surface area contributed by atoms with Gasteiger partial charge in [-0.3, -0.25) is 4.99 Å². The lowest BCUT2D eigenvalue weighted by atomic mass is 10.1. The first-order chi connectivity index (χ1) is 8.93. The zero-order chi connectivity index (χ0) is 14.3. The van der Waals surface area contributed by atoms with Gasteiger partial charge in [-0.2, -0.15) is 0 Å². The van der Waals surface area contributed by atoms with Crippen LogP contribution in [0.3, 0.4) is 0 Å². The minimum Gasteiger partial charge on any atom is -0.356 e. The summed E-state index contributed by atoms with van der Waals surface area (Å²) in [5, 5.41) is 6.47. The van der Waals surface area contributed by atoms with Crippen molar-refractivity contribution in [3.63, 3.8) is 0 Å². The average molecular weight is 417 g/mol. The van der Waals surface area contributed by atoms with Gasteiger partial charge in [0.1, 0.15) is 0 Å². The Morgan fingerprint density at radius 2 is 2.05 bits per heavy atom. The van der Waals surface area contributed by atoms with Gasteiger partial charge in [0.25, 0.3) is 0 Å². The Kier molecular flexibility index (Phi) is 9.78. The maximum absolute atomic E-state index is 11.4. The Morgan fingerprint density at radius 3 is 2.55 bits per heavy atom. The SMILES string of the molecule is CN=C(NCCCC(C)C)NCC1CCS(=O)(=O)C1.I. The first-order valence-electron chi connectivity index (χ1n) is 7.08. The van der Waals surface area contributed by atoms with Crippen molar-refractivity contribution in [1.82, 2.24) is 10.6 Å². The van der Waals surface area contributed by atoms with E-state index in [1.165, 1.54) is 6.42 Å². The summed E-state index contributed by atoms with van der Waals surface area (Å²) in [6.07, 6.45) is 3.08. The molecule has 1 unspecified atom stereocenters. The van der Waals surface area contributed by atoms with E-state index in [-0.39, 0.29) is 29.9 Å². The summed E-state index contributed by atoms with van der Waals surface area (Å²) in [5.74, 6) is 2.36. The van der Waals surface area contributed by atoms with Gasteiger partial charge in [0.15, 0.2) is 15.8 Å². The molecule has 1 saturated heterocycles. The predicted octanol–water partition coefficient (Wildman–Crippen LogP) is 1.64. The highest BCUT2D eigenvalue weighted by atomic mass is 127. The lowest BCUT2D eigenvalue weighted by molar-refractivity contribution is 0.542. The standard InChI is InChI=1S/C13H27N3O2S.HI/c1-11(2)5-4-7-15-13(14-3)16-9-12-6-8-19(17,18)10-12;/h11-12H,4-10H2,1-3H3,(H2,14,15,16);1H. The molecular formula is C13H28IN3O2S. The minimum atomic E-state index is -2.78. The maximum Gasteiger partial charge on any atom is 0.190 e. The van der Waals surface area contributed by atoms with Crippen LogP contribution >= 0.6 is 24.0 Å². The fourth-order valence-corrected chi connectivity index (χ4v) is 4.07. The summed E-state index contributed by atoms with van der Waals surface area (Å²) in [5.41, 5.74) is 0. The zero-order valence-electron chi connectivity index (χ0n) is 12.7. The van der Waals surface area contributed by atoms with Crippen LogP contribution in [0, 0.1) is 11.8 Å². The van der Waals surface area contributed by atoms with Crippen molar-refractivity contribution < 1.29 is 8.42 Å². The summed E-state index contributed by atoms with van der Waals surface area (Å²) < 4.78 is 22.7. The van der Waals surface area contributed by atoms with Crippen molar-refractivity contribution in [2.75, 3.05) is 31.6 Å². The molecule has 1 atom stereocenters. The molecule has 1 aliphatic heterocycles. The van der Waals surface area contributed by atoms with Gasteiger partial charge >= 0.3 is 0 Å². The van der Waals surface area contributed by atoms with Crippen molar-refractivity contribution in [3.8, 4) is 0 Å². The molecule has 0 saturated carbocycles. The number of guanidine groups is 1. The summed E-state index contributed by atoms with van der Waals surface area (Å²) in [6, 6.07) is 0. The van der Waals surface area contributed by atoms with Crippen molar-refractivity contribution in [3.05, 3.63) is 0 Å². The molecule has 0 aromatic heterocycles. The Morgan fingerprint density at radius 1 is 1.35 bits per heavy atom. The summed E-state index contributed by atoms with van der Waals surface area (Å²) in [7, 11) is -1.04. The van der Waals surface area contributed by atoms with Crippen LogP contribution in [0.2, 0.25) is 0 Å². The second kappa shape index (κ2) is 9.81. The number of rotatable bonds is 6. The Balaban J connectivity index is 0.00000361. The first-order valence-corrected chi connectivity index (χ1v) is 8.90. The first kappa shape index (κ1) is 19.9. The Bertz CT molecular complexity index is 396. The second-order valence-electron chi connectivity index (χ2n) is 5.69. The molecule has 1 aliphatic rings. The zero-order valence-corrected chi connectivity index (χ0v) is 15.8. The van der Waals surface area contributed by atoms with Crippen LogP contribution < -0.4 is 10.6 Å². The highest BCUT2D eigenvalue weighted by Crippen LogP contribution is 2.17. The molecule has 7 heteroatoms. The molecule has 1 rings (SSSR count). The van der Waals surface area contributed by atoms with Gasteiger partial charge < -0.3 is 10.6 Å². The van der Waals surface area contributed by atoms with E-state index >= 15 is 0 Å². The molecule has 0 spiro atoms. The molecule has 20 heavy (non-hydrogen) atoms. The molecule has 0 aliphatic carbocycles. The Hall–Kier alpha value is -0.0500. The van der Waals surface area contributed by atoms with Crippen LogP contribution in [-0.2, 0) is 9.84 Å². The second-order valence-corrected chi connectivity index (χ2v) is 7.91. The Labute approximate surface area is 140 Å². The smallest absolute Gasteiger partial charge is 0.190 e. The minimum absolute atomic E-state index is 0. The van der Waals surface area contributed by atoms with Gasteiger partial charge in [0, 0.05) is 20.1 Å². The number of nitrogens with one attached hydrogen (secondary N) is 2. The third-order valence-electron chi connectivity index (χ3n) is 3.36. The number of aliphatic imine (C=N–C) groups is 1. The lowest BCUT2D eigenvalue weighted by Gasteiger charge is -2.14. The number of sulfone groups is 1. The van der Waals surface area contributed by atoms with Gasteiger partial charge in [0.05, 0.1) is 11.5 Å². The van der Waals surface area contributed by atoms with Gasteiger partial charge in [0.2, 0.25) is 0 Å². The molecule has 2 N–H and O–H groups in total. The average Bonchev–Trinajstić information content (AvgIpc) is 2.68. The largest absolute Gasteiger partial charge is 0.356 e. The predicted molar refractivity (Wildman–Crippen MR) is 95.6 cm³/mol. The summed E-state index contributed by atoms with van der Waals surface area (Å²) >= 11 is 0. The lowest BCUT2D eigenvalue weighted by Crippen LogP contribution is -2.40. The van der Waals surface area contributed by atoms with E-state index in [4.69, 9.17) is 0 Å². The number of hydrogen-bond acceptors (Lipinski definition) is 3. The van der Waals surface area contributed by atoms with Crippen LogP contribution in [0.25, 0.3) is 0 Å². The van der Waals surface area contributed by atoms with E-state index in [9.17, 15) is 8.42 Å². The molecule has 1 fully saturated rings. The third kappa shape index (κ3) is 8.28. The molecule has 0 bridgehead atoms. The van der Waals surface area contributed by atoms with Gasteiger partial charge in [-0.25, -0.2) is 8.42 Å².